The molecule has 6 nitrogen and oxygen atoms in total. The van der Waals surface area contributed by atoms with E-state index in [9.17, 15) is 9.59 Å². The van der Waals surface area contributed by atoms with Crippen LogP contribution in [0.5, 0.6) is 0 Å². The van der Waals surface area contributed by atoms with E-state index in [0.29, 0.717) is 9.28 Å². The summed E-state index contributed by atoms with van der Waals surface area (Å²) in [4.78, 5) is 33.0. The Hall–Kier alpha value is -2.58. The second kappa shape index (κ2) is 7.43. The van der Waals surface area contributed by atoms with Crippen molar-refractivity contribution in [3.05, 3.63) is 70.2 Å². The van der Waals surface area contributed by atoms with E-state index in [1.807, 2.05) is 0 Å². The minimum absolute atomic E-state index is 0.322. The van der Waals surface area contributed by atoms with E-state index in [0.717, 1.165) is 21.6 Å². The zero-order valence-corrected chi connectivity index (χ0v) is 12.8. The molecule has 0 fully saturated rings. The van der Waals surface area contributed by atoms with Crippen LogP contribution in [0.25, 0.3) is 0 Å². The number of hydrogen-bond donors (Lipinski definition) is 0. The molecular formula is C14H10N2O4S2. The van der Waals surface area contributed by atoms with E-state index >= 15 is 0 Å². The molecule has 0 aliphatic heterocycles. The van der Waals surface area contributed by atoms with Gasteiger partial charge in [0.1, 0.15) is 9.28 Å². The molecule has 22 heavy (non-hydrogen) atoms. The first-order valence-corrected chi connectivity index (χ1v) is 6.86. The van der Waals surface area contributed by atoms with Gasteiger partial charge < -0.3 is 9.68 Å². The Morgan fingerprint density at radius 3 is 1.59 bits per heavy atom. The summed E-state index contributed by atoms with van der Waals surface area (Å²) in [5.74, 6) is -1.54. The van der Waals surface area contributed by atoms with Crippen molar-refractivity contribution < 1.29 is 19.3 Å². The molecule has 0 saturated carbocycles. The van der Waals surface area contributed by atoms with Crippen LogP contribution in [0.4, 0.5) is 0 Å². The van der Waals surface area contributed by atoms with Crippen molar-refractivity contribution in [3.8, 4) is 0 Å². The Balaban J connectivity index is 1.97. The van der Waals surface area contributed by atoms with Crippen molar-refractivity contribution in [1.29, 1.82) is 0 Å². The first kappa shape index (κ1) is 15.8. The second-order valence-electron chi connectivity index (χ2n) is 3.88. The van der Waals surface area contributed by atoms with Gasteiger partial charge in [-0.25, -0.2) is 9.59 Å². The standard InChI is InChI=1S/C14H10N2O4S2/c17-13(19-15-9-3-1-5-11(15)21)7-8-14(18)20-16-10-4-2-6-12(16)22/h1-10H/b8-7+. The van der Waals surface area contributed by atoms with Gasteiger partial charge >= 0.3 is 11.9 Å². The average Bonchev–Trinajstić information content (AvgIpc) is 2.50. The van der Waals surface area contributed by atoms with Gasteiger partial charge in [0, 0.05) is 24.5 Å². The van der Waals surface area contributed by atoms with Crippen LogP contribution in [0.15, 0.2) is 60.9 Å². The molecule has 0 saturated heterocycles. The first-order chi connectivity index (χ1) is 10.6. The number of carbonyl (C=O) groups excluding carboxylic acids is 2. The topological polar surface area (TPSA) is 62.5 Å². The van der Waals surface area contributed by atoms with Crippen LogP contribution in [-0.2, 0) is 9.59 Å². The summed E-state index contributed by atoms with van der Waals surface area (Å²) >= 11 is 9.92. The fourth-order valence-corrected chi connectivity index (χ4v) is 1.72. The van der Waals surface area contributed by atoms with Crippen molar-refractivity contribution >= 4 is 36.4 Å². The molecule has 0 spiro atoms. The molecule has 2 aromatic heterocycles. The van der Waals surface area contributed by atoms with Gasteiger partial charge in [0.25, 0.3) is 0 Å². The SMILES string of the molecule is O=C(/C=C/C(=O)On1ccccc1=S)On1ccccc1=S. The molecule has 0 N–H and O–H groups in total. The highest BCUT2D eigenvalue weighted by atomic mass is 32.1. The molecule has 0 bridgehead atoms. The van der Waals surface area contributed by atoms with E-state index in [-0.39, 0.29) is 0 Å². The molecule has 0 amide bonds. The highest BCUT2D eigenvalue weighted by Crippen LogP contribution is 1.93. The van der Waals surface area contributed by atoms with Gasteiger partial charge in [0.15, 0.2) is 0 Å². The predicted octanol–water partition coefficient (Wildman–Crippen LogP) is 1.92. The normalized spacial score (nSPS) is 10.4. The number of pyridine rings is 2. The Bertz CT molecular complexity index is 769. The number of hydrogen-bond acceptors (Lipinski definition) is 6. The molecule has 0 aliphatic rings. The molecule has 0 radical (unpaired) electrons. The summed E-state index contributed by atoms with van der Waals surface area (Å²) in [6, 6.07) is 9.92. The quantitative estimate of drug-likeness (QED) is 0.629. The highest BCUT2D eigenvalue weighted by molar-refractivity contribution is 7.71. The maximum Gasteiger partial charge on any atom is 0.356 e. The molecular weight excluding hydrogens is 324 g/mol. The van der Waals surface area contributed by atoms with Crippen LogP contribution >= 0.6 is 24.4 Å². The maximum atomic E-state index is 11.6. The molecule has 8 heteroatoms. The maximum absolute atomic E-state index is 11.6. The van der Waals surface area contributed by atoms with Crippen LogP contribution in [0, 0.1) is 9.28 Å². The molecule has 0 aliphatic carbocycles. The smallest absolute Gasteiger partial charge is 0.331 e. The van der Waals surface area contributed by atoms with Gasteiger partial charge in [0.2, 0.25) is 0 Å². The lowest BCUT2D eigenvalue weighted by Gasteiger charge is -2.05. The van der Waals surface area contributed by atoms with Crippen molar-refractivity contribution in [1.82, 2.24) is 9.46 Å². The first-order valence-electron chi connectivity index (χ1n) is 6.04. The summed E-state index contributed by atoms with van der Waals surface area (Å²) in [6.45, 7) is 0. The van der Waals surface area contributed by atoms with E-state index < -0.39 is 11.9 Å². The van der Waals surface area contributed by atoms with Gasteiger partial charge in [0.05, 0.1) is 0 Å². The minimum atomic E-state index is -0.768. The summed E-state index contributed by atoms with van der Waals surface area (Å²) in [5.41, 5.74) is 0. The summed E-state index contributed by atoms with van der Waals surface area (Å²) in [5, 5.41) is 0. The lowest BCUT2D eigenvalue weighted by molar-refractivity contribution is -0.141. The van der Waals surface area contributed by atoms with E-state index in [1.54, 1.807) is 36.4 Å². The van der Waals surface area contributed by atoms with Crippen molar-refractivity contribution in [2.75, 3.05) is 0 Å². The van der Waals surface area contributed by atoms with Gasteiger partial charge in [-0.05, 0) is 24.3 Å². The van der Waals surface area contributed by atoms with Crippen LogP contribution in [0.1, 0.15) is 0 Å². The molecule has 0 atom stereocenters. The Morgan fingerprint density at radius 1 is 0.818 bits per heavy atom. The molecule has 0 aromatic carbocycles. The highest BCUT2D eigenvalue weighted by Gasteiger charge is 2.03. The fourth-order valence-electron chi connectivity index (χ4n) is 1.37. The Labute approximate surface area is 135 Å². The average molecular weight is 334 g/mol. The minimum Gasteiger partial charge on any atom is -0.331 e. The van der Waals surface area contributed by atoms with E-state index in [4.69, 9.17) is 34.1 Å². The molecule has 2 aromatic rings. The van der Waals surface area contributed by atoms with Gasteiger partial charge in [-0.3, -0.25) is 0 Å². The second-order valence-corrected chi connectivity index (χ2v) is 4.72. The molecule has 2 rings (SSSR count). The third-order valence-electron chi connectivity index (χ3n) is 2.31. The van der Waals surface area contributed by atoms with E-state index in [2.05, 4.69) is 0 Å². The van der Waals surface area contributed by atoms with Gasteiger partial charge in [-0.2, -0.15) is 9.46 Å². The lowest BCUT2D eigenvalue weighted by atomic mass is 10.5. The Morgan fingerprint density at radius 2 is 1.23 bits per heavy atom. The van der Waals surface area contributed by atoms with Crippen LogP contribution < -0.4 is 9.68 Å². The van der Waals surface area contributed by atoms with Crippen molar-refractivity contribution in [2.24, 2.45) is 0 Å². The molecule has 112 valence electrons. The number of rotatable bonds is 4. The number of nitrogens with zero attached hydrogens (tertiary/aromatic N) is 2. The molecule has 0 unspecified atom stereocenters. The van der Waals surface area contributed by atoms with Crippen LogP contribution in [0.3, 0.4) is 0 Å². The zero-order chi connectivity index (χ0) is 15.9. The lowest BCUT2D eigenvalue weighted by Crippen LogP contribution is -2.20. The van der Waals surface area contributed by atoms with Gasteiger partial charge in [-0.1, -0.05) is 36.6 Å². The molecule has 2 heterocycles. The van der Waals surface area contributed by atoms with Crippen LogP contribution in [0.2, 0.25) is 0 Å². The van der Waals surface area contributed by atoms with Gasteiger partial charge in [-0.15, -0.1) is 0 Å². The monoisotopic (exact) mass is 334 g/mol. The summed E-state index contributed by atoms with van der Waals surface area (Å²) < 4.78 is 2.87. The van der Waals surface area contributed by atoms with Crippen molar-refractivity contribution in [3.63, 3.8) is 0 Å². The number of carbonyl (C=O) groups is 2. The number of aromatic nitrogens is 2. The third-order valence-corrected chi connectivity index (χ3v) is 2.94. The summed E-state index contributed by atoms with van der Waals surface area (Å²) in [6.07, 6.45) is 4.83. The largest absolute Gasteiger partial charge is 0.356 e. The fraction of sp³-hybridized carbons (Fsp3) is 0. The Kier molecular flexibility index (Phi) is 5.34. The van der Waals surface area contributed by atoms with Crippen LogP contribution in [-0.4, -0.2) is 21.4 Å². The third kappa shape index (κ3) is 4.47. The summed E-state index contributed by atoms with van der Waals surface area (Å²) in [7, 11) is 0. The zero-order valence-electron chi connectivity index (χ0n) is 11.1. The van der Waals surface area contributed by atoms with Crippen molar-refractivity contribution in [2.45, 2.75) is 0 Å². The van der Waals surface area contributed by atoms with E-state index in [1.165, 1.54) is 12.4 Å². The predicted molar refractivity (Wildman–Crippen MR) is 82.8 cm³/mol.